The van der Waals surface area contributed by atoms with Crippen molar-refractivity contribution in [3.63, 3.8) is 0 Å². The molecule has 2 rings (SSSR count). The number of rotatable bonds is 3. The Balaban J connectivity index is 2.23. The molecular formula is C12H17F3N2O3. The van der Waals surface area contributed by atoms with Gasteiger partial charge in [0.1, 0.15) is 17.8 Å². The van der Waals surface area contributed by atoms with Crippen molar-refractivity contribution >= 4 is 11.8 Å². The molecule has 1 heterocycles. The second kappa shape index (κ2) is 4.91. The van der Waals surface area contributed by atoms with Crippen LogP contribution in [0.3, 0.4) is 0 Å². The van der Waals surface area contributed by atoms with Gasteiger partial charge in [-0.1, -0.05) is 12.8 Å². The third-order valence-electron chi connectivity index (χ3n) is 4.12. The van der Waals surface area contributed by atoms with Gasteiger partial charge in [0.15, 0.2) is 0 Å². The highest BCUT2D eigenvalue weighted by Gasteiger charge is 2.62. The maximum Gasteiger partial charge on any atom is 0.352 e. The number of alkyl halides is 3. The fourth-order valence-corrected chi connectivity index (χ4v) is 2.93. The van der Waals surface area contributed by atoms with E-state index in [1.807, 2.05) is 0 Å². The molecule has 1 saturated carbocycles. The molecule has 0 spiro atoms. The van der Waals surface area contributed by atoms with Gasteiger partial charge in [-0.05, 0) is 12.8 Å². The first kappa shape index (κ1) is 15.1. The standard InChI is InChI=1S/C12H17F3N2O3/c13-7-5-8(9(16)18)17(6-7)10(19)12(14,15)11(20)3-1-2-4-11/h7-8,20H,1-6H2,(H2,16,18)/t7-,8+/m1/s1. The maximum atomic E-state index is 14.2. The molecule has 0 aromatic rings. The summed E-state index contributed by atoms with van der Waals surface area (Å²) in [7, 11) is 0. The van der Waals surface area contributed by atoms with Gasteiger partial charge in [-0.3, -0.25) is 9.59 Å². The van der Waals surface area contributed by atoms with Gasteiger partial charge in [0.2, 0.25) is 5.91 Å². The van der Waals surface area contributed by atoms with E-state index in [-0.39, 0.29) is 19.3 Å². The van der Waals surface area contributed by atoms with Crippen LogP contribution < -0.4 is 5.73 Å². The Bertz CT molecular complexity index is 424. The van der Waals surface area contributed by atoms with Crippen LogP contribution in [0.5, 0.6) is 0 Å². The number of primary amides is 1. The fourth-order valence-electron chi connectivity index (χ4n) is 2.93. The van der Waals surface area contributed by atoms with Gasteiger partial charge in [-0.15, -0.1) is 0 Å². The Morgan fingerprint density at radius 2 is 1.85 bits per heavy atom. The number of hydrogen-bond donors (Lipinski definition) is 2. The lowest BCUT2D eigenvalue weighted by atomic mass is 9.92. The van der Waals surface area contributed by atoms with Crippen molar-refractivity contribution in [2.75, 3.05) is 6.54 Å². The van der Waals surface area contributed by atoms with E-state index in [0.29, 0.717) is 17.7 Å². The molecule has 1 aliphatic heterocycles. The summed E-state index contributed by atoms with van der Waals surface area (Å²) in [5, 5.41) is 9.93. The van der Waals surface area contributed by atoms with Gasteiger partial charge in [0, 0.05) is 6.42 Å². The van der Waals surface area contributed by atoms with Crippen LogP contribution >= 0.6 is 0 Å². The Hall–Kier alpha value is -1.31. The molecule has 1 saturated heterocycles. The number of aliphatic hydroxyl groups is 1. The Morgan fingerprint density at radius 1 is 1.30 bits per heavy atom. The zero-order valence-electron chi connectivity index (χ0n) is 10.8. The van der Waals surface area contributed by atoms with E-state index in [1.54, 1.807) is 0 Å². The summed E-state index contributed by atoms with van der Waals surface area (Å²) in [4.78, 5) is 23.6. The van der Waals surface area contributed by atoms with Gasteiger partial charge in [0.05, 0.1) is 6.54 Å². The molecule has 5 nitrogen and oxygen atoms in total. The lowest BCUT2D eigenvalue weighted by molar-refractivity contribution is -0.201. The van der Waals surface area contributed by atoms with Gasteiger partial charge in [0.25, 0.3) is 5.91 Å². The highest BCUT2D eigenvalue weighted by molar-refractivity contribution is 5.91. The van der Waals surface area contributed by atoms with Crippen molar-refractivity contribution in [3.8, 4) is 0 Å². The minimum absolute atomic E-state index is 0.195. The number of hydrogen-bond acceptors (Lipinski definition) is 3. The van der Waals surface area contributed by atoms with Crippen molar-refractivity contribution in [2.45, 2.75) is 55.8 Å². The SMILES string of the molecule is NC(=O)[C@@H]1C[C@@H](F)CN1C(=O)C(F)(F)C1(O)CCCC1. The summed E-state index contributed by atoms with van der Waals surface area (Å²) in [6.07, 6.45) is -1.55. The van der Waals surface area contributed by atoms with Gasteiger partial charge < -0.3 is 15.7 Å². The highest BCUT2D eigenvalue weighted by atomic mass is 19.3. The predicted octanol–water partition coefficient (Wildman–Crippen LogP) is 0.351. The smallest absolute Gasteiger partial charge is 0.352 e. The Morgan fingerprint density at radius 3 is 2.35 bits per heavy atom. The minimum atomic E-state index is -4.04. The molecule has 0 radical (unpaired) electrons. The largest absolute Gasteiger partial charge is 0.383 e. The van der Waals surface area contributed by atoms with Crippen molar-refractivity contribution in [1.82, 2.24) is 4.90 Å². The van der Waals surface area contributed by atoms with Crippen LogP contribution in [0, 0.1) is 0 Å². The van der Waals surface area contributed by atoms with Crippen molar-refractivity contribution < 1.29 is 27.9 Å². The first-order valence-corrected chi connectivity index (χ1v) is 6.54. The van der Waals surface area contributed by atoms with Gasteiger partial charge >= 0.3 is 5.92 Å². The number of nitrogens with two attached hydrogens (primary N) is 1. The number of carbonyl (C=O) groups excluding carboxylic acids is 2. The number of likely N-dealkylation sites (tertiary alicyclic amines) is 1. The molecule has 0 unspecified atom stereocenters. The Kier molecular flexibility index (Phi) is 3.70. The minimum Gasteiger partial charge on any atom is -0.383 e. The normalized spacial score (nSPS) is 29.7. The third kappa shape index (κ3) is 2.25. The van der Waals surface area contributed by atoms with Gasteiger partial charge in [-0.25, -0.2) is 4.39 Å². The zero-order valence-corrected chi connectivity index (χ0v) is 10.8. The van der Waals surface area contributed by atoms with Crippen LogP contribution in [0.25, 0.3) is 0 Å². The van der Waals surface area contributed by atoms with Crippen molar-refractivity contribution in [1.29, 1.82) is 0 Å². The molecule has 3 N–H and O–H groups in total. The monoisotopic (exact) mass is 294 g/mol. The van der Waals surface area contributed by atoms with E-state index in [4.69, 9.17) is 5.73 Å². The molecular weight excluding hydrogens is 277 g/mol. The molecule has 20 heavy (non-hydrogen) atoms. The van der Waals surface area contributed by atoms with E-state index >= 15 is 0 Å². The van der Waals surface area contributed by atoms with Crippen LogP contribution in [0.15, 0.2) is 0 Å². The molecule has 8 heteroatoms. The lowest BCUT2D eigenvalue weighted by Crippen LogP contribution is -2.59. The second-order valence-corrected chi connectivity index (χ2v) is 5.52. The van der Waals surface area contributed by atoms with Crippen LogP contribution in [0.1, 0.15) is 32.1 Å². The van der Waals surface area contributed by atoms with Crippen LogP contribution in [-0.4, -0.2) is 52.1 Å². The quantitative estimate of drug-likeness (QED) is 0.788. The van der Waals surface area contributed by atoms with Crippen LogP contribution in [0.4, 0.5) is 13.2 Å². The lowest BCUT2D eigenvalue weighted by Gasteiger charge is -2.35. The maximum absolute atomic E-state index is 14.2. The highest BCUT2D eigenvalue weighted by Crippen LogP contribution is 2.43. The summed E-state index contributed by atoms with van der Waals surface area (Å²) >= 11 is 0. The molecule has 114 valence electrons. The van der Waals surface area contributed by atoms with Crippen LogP contribution in [-0.2, 0) is 9.59 Å². The molecule has 0 aromatic carbocycles. The molecule has 2 fully saturated rings. The predicted molar refractivity (Wildman–Crippen MR) is 62.6 cm³/mol. The van der Waals surface area contributed by atoms with Gasteiger partial charge in [-0.2, -0.15) is 8.78 Å². The summed E-state index contributed by atoms with van der Waals surface area (Å²) in [6.45, 7) is -0.599. The number of amides is 2. The first-order valence-electron chi connectivity index (χ1n) is 6.54. The van der Waals surface area contributed by atoms with Crippen molar-refractivity contribution in [3.05, 3.63) is 0 Å². The zero-order chi connectivity index (χ0) is 15.1. The number of nitrogens with zero attached hydrogens (tertiary/aromatic N) is 1. The summed E-state index contributed by atoms with van der Waals surface area (Å²) in [5.74, 6) is -6.78. The summed E-state index contributed by atoms with van der Waals surface area (Å²) in [6, 6.07) is -1.38. The topological polar surface area (TPSA) is 83.6 Å². The first-order chi connectivity index (χ1) is 9.19. The van der Waals surface area contributed by atoms with E-state index in [2.05, 4.69) is 0 Å². The average Bonchev–Trinajstić information content (AvgIpc) is 2.95. The van der Waals surface area contributed by atoms with E-state index < -0.39 is 42.1 Å². The molecule has 0 bridgehead atoms. The molecule has 0 aromatic heterocycles. The second-order valence-electron chi connectivity index (χ2n) is 5.52. The van der Waals surface area contributed by atoms with E-state index in [0.717, 1.165) is 0 Å². The Labute approximate surface area is 113 Å². The molecule has 2 atom stereocenters. The van der Waals surface area contributed by atoms with Crippen LogP contribution in [0.2, 0.25) is 0 Å². The average molecular weight is 294 g/mol. The summed E-state index contributed by atoms with van der Waals surface area (Å²) in [5.41, 5.74) is 2.59. The summed E-state index contributed by atoms with van der Waals surface area (Å²) < 4.78 is 41.7. The molecule has 1 aliphatic carbocycles. The third-order valence-corrected chi connectivity index (χ3v) is 4.12. The fraction of sp³-hybridized carbons (Fsp3) is 0.833. The van der Waals surface area contributed by atoms with E-state index in [9.17, 15) is 27.9 Å². The molecule has 2 amide bonds. The van der Waals surface area contributed by atoms with E-state index in [1.165, 1.54) is 0 Å². The molecule has 2 aliphatic rings. The number of halogens is 3. The number of carbonyl (C=O) groups is 2. The van der Waals surface area contributed by atoms with Crippen molar-refractivity contribution in [2.24, 2.45) is 5.73 Å².